The van der Waals surface area contributed by atoms with E-state index in [2.05, 4.69) is 83.4 Å². The van der Waals surface area contributed by atoms with E-state index in [9.17, 15) is 0 Å². The summed E-state index contributed by atoms with van der Waals surface area (Å²) >= 11 is 5.83. The Kier molecular flexibility index (Phi) is 4.51. The Morgan fingerprint density at radius 3 is 2.50 bits per heavy atom. The van der Waals surface area contributed by atoms with Gasteiger partial charge in [-0.15, -0.1) is 0 Å². The summed E-state index contributed by atoms with van der Waals surface area (Å²) in [5, 5.41) is 4.24. The zero-order chi connectivity index (χ0) is 18.1. The molecule has 0 amide bonds. The molecule has 1 atom stereocenters. The lowest BCUT2D eigenvalue weighted by atomic mass is 9.99. The number of anilines is 1. The molecular weight excluding hydrogens is 338 g/mol. The van der Waals surface area contributed by atoms with Crippen molar-refractivity contribution in [1.82, 2.24) is 9.47 Å². The molecule has 3 aromatic rings. The van der Waals surface area contributed by atoms with E-state index in [4.69, 9.17) is 12.2 Å². The molecule has 0 fully saturated rings. The molecule has 1 N–H and O–H groups in total. The molecule has 132 valence electrons. The van der Waals surface area contributed by atoms with E-state index in [-0.39, 0.29) is 6.04 Å². The van der Waals surface area contributed by atoms with Crippen LogP contribution in [-0.2, 0) is 6.54 Å². The van der Waals surface area contributed by atoms with Gasteiger partial charge in [-0.25, -0.2) is 0 Å². The van der Waals surface area contributed by atoms with Crippen LogP contribution in [0.4, 0.5) is 5.69 Å². The van der Waals surface area contributed by atoms with Gasteiger partial charge in [-0.1, -0.05) is 48.0 Å². The second kappa shape index (κ2) is 6.96. The van der Waals surface area contributed by atoms with E-state index in [1.54, 1.807) is 0 Å². The molecule has 0 aliphatic carbocycles. The third-order valence-corrected chi connectivity index (χ3v) is 5.42. The van der Waals surface area contributed by atoms with Crippen LogP contribution in [0.2, 0.25) is 0 Å². The van der Waals surface area contributed by atoms with E-state index in [0.717, 1.165) is 23.9 Å². The molecule has 2 aromatic carbocycles. The number of rotatable bonds is 2. The fourth-order valence-corrected chi connectivity index (χ4v) is 3.91. The number of hydrogen-bond donors (Lipinski definition) is 1. The van der Waals surface area contributed by atoms with Crippen LogP contribution in [0, 0.1) is 13.8 Å². The van der Waals surface area contributed by atoms with Crippen molar-refractivity contribution < 1.29 is 0 Å². The van der Waals surface area contributed by atoms with Gasteiger partial charge in [-0.05, 0) is 55.4 Å². The molecule has 4 heteroatoms. The van der Waals surface area contributed by atoms with E-state index in [0.29, 0.717) is 0 Å². The molecule has 0 bridgehead atoms. The van der Waals surface area contributed by atoms with Crippen molar-refractivity contribution in [3.05, 3.63) is 89.2 Å². The Bertz CT molecular complexity index is 927. The Morgan fingerprint density at radius 1 is 0.962 bits per heavy atom. The maximum Gasteiger partial charge on any atom is 0.174 e. The summed E-state index contributed by atoms with van der Waals surface area (Å²) in [7, 11) is 0. The van der Waals surface area contributed by atoms with Crippen molar-refractivity contribution in [3.63, 3.8) is 0 Å². The predicted octanol–water partition coefficient (Wildman–Crippen LogP) is 4.91. The average molecular weight is 362 g/mol. The number of thiocarbonyl (C=S) groups is 1. The molecule has 0 saturated carbocycles. The van der Waals surface area contributed by atoms with Crippen molar-refractivity contribution in [2.24, 2.45) is 0 Å². The van der Waals surface area contributed by atoms with E-state index in [1.807, 2.05) is 12.1 Å². The van der Waals surface area contributed by atoms with Crippen molar-refractivity contribution in [3.8, 4) is 0 Å². The van der Waals surface area contributed by atoms with Gasteiger partial charge in [0.25, 0.3) is 0 Å². The first-order valence-electron chi connectivity index (χ1n) is 8.98. The normalized spacial score (nSPS) is 16.2. The summed E-state index contributed by atoms with van der Waals surface area (Å²) < 4.78 is 2.33. The highest BCUT2D eigenvalue weighted by Crippen LogP contribution is 2.33. The van der Waals surface area contributed by atoms with Crippen LogP contribution in [-0.4, -0.2) is 21.1 Å². The summed E-state index contributed by atoms with van der Waals surface area (Å²) in [4.78, 5) is 2.31. The first-order valence-corrected chi connectivity index (χ1v) is 9.39. The Morgan fingerprint density at radius 2 is 1.73 bits per heavy atom. The van der Waals surface area contributed by atoms with Crippen LogP contribution in [0.1, 0.15) is 28.4 Å². The Labute approximate surface area is 160 Å². The monoisotopic (exact) mass is 361 g/mol. The molecule has 1 unspecified atom stereocenters. The zero-order valence-electron chi connectivity index (χ0n) is 15.1. The number of nitrogens with one attached hydrogen (secondary N) is 1. The number of aryl methyl sites for hydroxylation is 2. The van der Waals surface area contributed by atoms with Crippen molar-refractivity contribution in [1.29, 1.82) is 0 Å². The van der Waals surface area contributed by atoms with Crippen molar-refractivity contribution >= 4 is 23.0 Å². The molecule has 1 aliphatic heterocycles. The first kappa shape index (κ1) is 16.9. The standard InChI is InChI=1S/C22H23N3S/c1-16-9-11-18(12-10-16)21-20-8-5-13-24(20)14-15-25(21)22(26)23-19-7-4-3-6-17(19)2/h3-13,21H,14-15H2,1-2H3,(H,23,26). The van der Waals surface area contributed by atoms with Gasteiger partial charge in [0.2, 0.25) is 0 Å². The summed E-state index contributed by atoms with van der Waals surface area (Å²) in [6, 6.07) is 21.5. The molecule has 1 aromatic heterocycles. The second-order valence-corrected chi connectivity index (χ2v) is 7.26. The molecule has 1 aliphatic rings. The van der Waals surface area contributed by atoms with Crippen LogP contribution >= 0.6 is 12.2 Å². The van der Waals surface area contributed by atoms with Gasteiger partial charge in [0, 0.05) is 30.7 Å². The number of hydrogen-bond acceptors (Lipinski definition) is 1. The average Bonchev–Trinajstić information content (AvgIpc) is 3.12. The molecule has 0 spiro atoms. The largest absolute Gasteiger partial charge is 0.348 e. The SMILES string of the molecule is Cc1ccc(C2c3cccn3CCN2C(=S)Nc2ccccc2C)cc1. The summed E-state index contributed by atoms with van der Waals surface area (Å²) in [5.41, 5.74) is 6.09. The molecule has 3 nitrogen and oxygen atoms in total. The molecule has 0 saturated heterocycles. The number of benzene rings is 2. The van der Waals surface area contributed by atoms with Gasteiger partial charge < -0.3 is 14.8 Å². The maximum absolute atomic E-state index is 5.83. The van der Waals surface area contributed by atoms with Crippen LogP contribution in [0.3, 0.4) is 0 Å². The summed E-state index contributed by atoms with van der Waals surface area (Å²) in [5.74, 6) is 0. The number of para-hydroxylation sites is 1. The minimum absolute atomic E-state index is 0.128. The predicted molar refractivity (Wildman–Crippen MR) is 112 cm³/mol. The van der Waals surface area contributed by atoms with Crippen LogP contribution in [0.5, 0.6) is 0 Å². The lowest BCUT2D eigenvalue weighted by molar-refractivity contribution is 0.293. The topological polar surface area (TPSA) is 20.2 Å². The van der Waals surface area contributed by atoms with Gasteiger partial charge >= 0.3 is 0 Å². The van der Waals surface area contributed by atoms with Crippen LogP contribution in [0.15, 0.2) is 66.9 Å². The fourth-order valence-electron chi connectivity index (χ4n) is 3.60. The van der Waals surface area contributed by atoms with Gasteiger partial charge in [-0.3, -0.25) is 0 Å². The molecule has 26 heavy (non-hydrogen) atoms. The first-order chi connectivity index (χ1) is 12.6. The minimum Gasteiger partial charge on any atom is -0.348 e. The van der Waals surface area contributed by atoms with E-state index >= 15 is 0 Å². The lowest BCUT2D eigenvalue weighted by Gasteiger charge is -2.39. The van der Waals surface area contributed by atoms with Gasteiger partial charge in [0.15, 0.2) is 5.11 Å². The van der Waals surface area contributed by atoms with Crippen LogP contribution in [0.25, 0.3) is 0 Å². The van der Waals surface area contributed by atoms with Crippen molar-refractivity contribution in [2.45, 2.75) is 26.4 Å². The Balaban J connectivity index is 1.68. The van der Waals surface area contributed by atoms with Crippen molar-refractivity contribution in [2.75, 3.05) is 11.9 Å². The smallest absolute Gasteiger partial charge is 0.174 e. The zero-order valence-corrected chi connectivity index (χ0v) is 16.0. The Hall–Kier alpha value is -2.59. The minimum atomic E-state index is 0.128. The van der Waals surface area contributed by atoms with Crippen LogP contribution < -0.4 is 5.32 Å². The van der Waals surface area contributed by atoms with E-state index < -0.39 is 0 Å². The fraction of sp³-hybridized carbons (Fsp3) is 0.227. The molecule has 2 heterocycles. The van der Waals surface area contributed by atoms with Gasteiger partial charge in [0.1, 0.15) is 0 Å². The summed E-state index contributed by atoms with van der Waals surface area (Å²) in [6.07, 6.45) is 2.16. The van der Waals surface area contributed by atoms with E-state index in [1.165, 1.54) is 22.4 Å². The second-order valence-electron chi connectivity index (χ2n) is 6.88. The number of fused-ring (bicyclic) bond motifs is 1. The van der Waals surface area contributed by atoms with Gasteiger partial charge in [-0.2, -0.15) is 0 Å². The lowest BCUT2D eigenvalue weighted by Crippen LogP contribution is -2.44. The third kappa shape index (κ3) is 3.13. The molecular formula is C22H23N3S. The van der Waals surface area contributed by atoms with Gasteiger partial charge in [0.05, 0.1) is 6.04 Å². The highest BCUT2D eigenvalue weighted by Gasteiger charge is 2.30. The highest BCUT2D eigenvalue weighted by molar-refractivity contribution is 7.80. The molecule has 0 radical (unpaired) electrons. The third-order valence-electron chi connectivity index (χ3n) is 5.08. The maximum atomic E-state index is 5.83. The highest BCUT2D eigenvalue weighted by atomic mass is 32.1. The molecule has 4 rings (SSSR count). The number of nitrogens with zero attached hydrogens (tertiary/aromatic N) is 2. The number of aromatic nitrogens is 1. The summed E-state index contributed by atoms with van der Waals surface area (Å²) in [6.45, 7) is 6.05. The quantitative estimate of drug-likeness (QED) is 0.655.